The largest absolute Gasteiger partial charge is 0.481 e. The molecule has 2 aliphatic heterocycles. The Hall–Kier alpha value is -3.66. The molecule has 182 valence electrons. The molecule has 0 aliphatic carbocycles. The number of allylic oxidation sites excluding steroid dienone is 1. The van der Waals surface area contributed by atoms with E-state index in [1.54, 1.807) is 13.3 Å². The van der Waals surface area contributed by atoms with E-state index in [0.717, 1.165) is 52.6 Å². The third kappa shape index (κ3) is 4.07. The fourth-order valence-corrected chi connectivity index (χ4v) is 4.70. The van der Waals surface area contributed by atoms with E-state index < -0.39 is 17.7 Å². The summed E-state index contributed by atoms with van der Waals surface area (Å²) in [5.74, 6) is 0.792. The van der Waals surface area contributed by atoms with Gasteiger partial charge in [0.2, 0.25) is 5.88 Å². The molecule has 0 amide bonds. The number of alkyl halides is 2. The van der Waals surface area contributed by atoms with Crippen LogP contribution in [0.15, 0.2) is 41.0 Å². The standard InChI is InChI=1S/C25H26F2N6O2/c1-13-7-21(35-4)29-11-18(13)16-8-17-12-32(6-5-19(17)28-10-16)25-15(3)14(2)24-30-20(23(26)27)9-22(34)33(24)31-25/h7-11,23,25,31H,5-6,12H2,1-4H3. The lowest BCUT2D eigenvalue weighted by Gasteiger charge is -2.40. The summed E-state index contributed by atoms with van der Waals surface area (Å²) in [6, 6.07) is 4.92. The molecule has 0 fully saturated rings. The Kier molecular flexibility index (Phi) is 5.84. The van der Waals surface area contributed by atoms with Crippen molar-refractivity contribution in [2.45, 2.75) is 46.3 Å². The van der Waals surface area contributed by atoms with Crippen LogP contribution in [0.4, 0.5) is 8.78 Å². The number of hydrogen-bond acceptors (Lipinski definition) is 7. The minimum atomic E-state index is -2.80. The Bertz CT molecular complexity index is 1400. The maximum absolute atomic E-state index is 13.2. The molecule has 1 unspecified atom stereocenters. The average Bonchev–Trinajstić information content (AvgIpc) is 2.85. The minimum Gasteiger partial charge on any atom is -0.481 e. The van der Waals surface area contributed by atoms with Crippen LogP contribution >= 0.6 is 0 Å². The topological polar surface area (TPSA) is 85.2 Å². The first kappa shape index (κ1) is 23.1. The van der Waals surface area contributed by atoms with Gasteiger partial charge < -0.3 is 4.74 Å². The van der Waals surface area contributed by atoms with Crippen LogP contribution in [0.1, 0.15) is 48.6 Å². The third-order valence-electron chi connectivity index (χ3n) is 6.79. The fourth-order valence-electron chi connectivity index (χ4n) is 4.70. The van der Waals surface area contributed by atoms with Crippen molar-refractivity contribution in [1.29, 1.82) is 0 Å². The molecule has 3 aromatic rings. The molecule has 0 spiro atoms. The van der Waals surface area contributed by atoms with Crippen molar-refractivity contribution in [3.8, 4) is 17.0 Å². The summed E-state index contributed by atoms with van der Waals surface area (Å²) in [5.41, 5.74) is 8.93. The molecule has 0 radical (unpaired) electrons. The number of methoxy groups -OCH3 is 1. The molecule has 5 heterocycles. The zero-order chi connectivity index (χ0) is 24.9. The predicted molar refractivity (Wildman–Crippen MR) is 128 cm³/mol. The van der Waals surface area contributed by atoms with Gasteiger partial charge in [-0.3, -0.25) is 20.1 Å². The van der Waals surface area contributed by atoms with Gasteiger partial charge in [-0.1, -0.05) is 0 Å². The number of halogens is 2. The highest BCUT2D eigenvalue weighted by Gasteiger charge is 2.32. The molecule has 1 atom stereocenters. The fraction of sp³-hybridized carbons (Fsp3) is 0.360. The van der Waals surface area contributed by atoms with Gasteiger partial charge in [0, 0.05) is 60.9 Å². The zero-order valence-electron chi connectivity index (χ0n) is 20.0. The predicted octanol–water partition coefficient (Wildman–Crippen LogP) is 3.69. The van der Waals surface area contributed by atoms with E-state index in [1.807, 2.05) is 33.0 Å². The van der Waals surface area contributed by atoms with Crippen molar-refractivity contribution >= 4 is 5.57 Å². The molecule has 0 bridgehead atoms. The molecule has 0 saturated carbocycles. The van der Waals surface area contributed by atoms with E-state index in [1.165, 1.54) is 4.68 Å². The second-order valence-electron chi connectivity index (χ2n) is 8.91. The molecule has 10 heteroatoms. The number of nitrogens with one attached hydrogen (secondary N) is 1. The maximum Gasteiger partial charge on any atom is 0.280 e. The number of fused-ring (bicyclic) bond motifs is 2. The van der Waals surface area contributed by atoms with Crippen LogP contribution in [-0.2, 0) is 13.0 Å². The van der Waals surface area contributed by atoms with Crippen LogP contribution in [-0.4, -0.2) is 44.3 Å². The van der Waals surface area contributed by atoms with E-state index in [9.17, 15) is 13.6 Å². The minimum absolute atomic E-state index is 0.227. The van der Waals surface area contributed by atoms with E-state index in [-0.39, 0.29) is 12.0 Å². The lowest BCUT2D eigenvalue weighted by Crippen LogP contribution is -2.52. The van der Waals surface area contributed by atoms with Crippen LogP contribution in [0.5, 0.6) is 5.88 Å². The third-order valence-corrected chi connectivity index (χ3v) is 6.79. The number of nitrogens with zero attached hydrogens (tertiary/aromatic N) is 5. The maximum atomic E-state index is 13.2. The second-order valence-corrected chi connectivity index (χ2v) is 8.91. The molecule has 8 nitrogen and oxygen atoms in total. The van der Waals surface area contributed by atoms with Gasteiger partial charge in [0.05, 0.1) is 7.11 Å². The summed E-state index contributed by atoms with van der Waals surface area (Å²) in [4.78, 5) is 27.9. The monoisotopic (exact) mass is 480 g/mol. The summed E-state index contributed by atoms with van der Waals surface area (Å²) in [7, 11) is 1.59. The second kappa shape index (κ2) is 8.84. The Labute approximate surface area is 201 Å². The molecule has 0 saturated heterocycles. The molecule has 1 N–H and O–H groups in total. The Morgan fingerprint density at radius 3 is 2.66 bits per heavy atom. The first-order valence-electron chi connectivity index (χ1n) is 11.4. The van der Waals surface area contributed by atoms with Gasteiger partial charge in [-0.25, -0.2) is 23.4 Å². The SMILES string of the molecule is COc1cc(C)c(-c2cnc3c(c2)CN(C2Nn4c(nc(C(F)F)cc4=O)C(C)=C2C)CC3)cn1. The Morgan fingerprint density at radius 1 is 1.14 bits per heavy atom. The summed E-state index contributed by atoms with van der Waals surface area (Å²) < 4.78 is 32.9. The number of ether oxygens (including phenoxy) is 1. The Balaban J connectivity index is 1.46. The van der Waals surface area contributed by atoms with Gasteiger partial charge in [0.1, 0.15) is 11.9 Å². The van der Waals surface area contributed by atoms with E-state index in [2.05, 4.69) is 26.4 Å². The molecule has 35 heavy (non-hydrogen) atoms. The first-order valence-corrected chi connectivity index (χ1v) is 11.4. The van der Waals surface area contributed by atoms with E-state index in [0.29, 0.717) is 18.0 Å². The van der Waals surface area contributed by atoms with E-state index >= 15 is 0 Å². The van der Waals surface area contributed by atoms with Crippen LogP contribution in [0.25, 0.3) is 16.7 Å². The number of aryl methyl sites for hydroxylation is 1. The molecular weight excluding hydrogens is 454 g/mol. The average molecular weight is 481 g/mol. The van der Waals surface area contributed by atoms with Crippen molar-refractivity contribution in [3.63, 3.8) is 0 Å². The summed E-state index contributed by atoms with van der Waals surface area (Å²) in [6.45, 7) is 7.11. The van der Waals surface area contributed by atoms with Crippen molar-refractivity contribution in [3.05, 3.63) is 74.9 Å². The highest BCUT2D eigenvalue weighted by molar-refractivity contribution is 5.67. The molecule has 3 aromatic heterocycles. The van der Waals surface area contributed by atoms with Gasteiger partial charge in [-0.15, -0.1) is 0 Å². The van der Waals surface area contributed by atoms with E-state index in [4.69, 9.17) is 9.72 Å². The lowest BCUT2D eigenvalue weighted by atomic mass is 9.97. The highest BCUT2D eigenvalue weighted by atomic mass is 19.3. The number of pyridine rings is 2. The lowest BCUT2D eigenvalue weighted by molar-refractivity contribution is 0.145. The molecule has 5 rings (SSSR count). The number of rotatable bonds is 4. The number of aromatic nitrogens is 4. The zero-order valence-corrected chi connectivity index (χ0v) is 20.0. The van der Waals surface area contributed by atoms with Crippen molar-refractivity contribution in [1.82, 2.24) is 24.5 Å². The summed E-state index contributed by atoms with van der Waals surface area (Å²) >= 11 is 0. The van der Waals surface area contributed by atoms with Crippen molar-refractivity contribution in [2.24, 2.45) is 0 Å². The quantitative estimate of drug-likeness (QED) is 0.610. The van der Waals surface area contributed by atoms with Crippen LogP contribution in [0, 0.1) is 6.92 Å². The van der Waals surface area contributed by atoms with Gasteiger partial charge in [0.25, 0.3) is 12.0 Å². The molecular formula is C25H26F2N6O2. The van der Waals surface area contributed by atoms with Crippen LogP contribution < -0.4 is 15.7 Å². The van der Waals surface area contributed by atoms with Gasteiger partial charge in [0.15, 0.2) is 5.82 Å². The van der Waals surface area contributed by atoms with Gasteiger partial charge >= 0.3 is 0 Å². The van der Waals surface area contributed by atoms with Gasteiger partial charge in [-0.05, 0) is 49.1 Å². The van der Waals surface area contributed by atoms with Gasteiger partial charge in [-0.2, -0.15) is 0 Å². The van der Waals surface area contributed by atoms with Crippen LogP contribution in [0.3, 0.4) is 0 Å². The Morgan fingerprint density at radius 2 is 1.94 bits per heavy atom. The van der Waals surface area contributed by atoms with Crippen molar-refractivity contribution in [2.75, 3.05) is 19.1 Å². The van der Waals surface area contributed by atoms with Crippen molar-refractivity contribution < 1.29 is 13.5 Å². The normalized spacial score (nSPS) is 17.7. The number of hydrogen-bond donors (Lipinski definition) is 1. The first-order chi connectivity index (χ1) is 16.8. The van der Waals surface area contributed by atoms with Crippen LogP contribution in [0.2, 0.25) is 0 Å². The highest BCUT2D eigenvalue weighted by Crippen LogP contribution is 2.31. The molecule has 0 aromatic carbocycles. The summed E-state index contributed by atoms with van der Waals surface area (Å²) in [5, 5.41) is 0. The molecule has 2 aliphatic rings. The summed E-state index contributed by atoms with van der Waals surface area (Å²) in [6.07, 6.45) is 1.34. The smallest absolute Gasteiger partial charge is 0.280 e.